The molecule has 0 amide bonds. The number of hydrogen-bond acceptors (Lipinski definition) is 5. The third-order valence-corrected chi connectivity index (χ3v) is 4.18. The summed E-state index contributed by atoms with van der Waals surface area (Å²) in [6, 6.07) is 0.360. The molecule has 0 aliphatic heterocycles. The van der Waals surface area contributed by atoms with Gasteiger partial charge in [0.25, 0.3) is 0 Å². The molecule has 6 heteroatoms. The number of anilines is 1. The number of hydrogen-bond donors (Lipinski definition) is 1. The number of fused-ring (bicyclic) bond motifs is 1. The lowest BCUT2D eigenvalue weighted by atomic mass is 9.80. The highest BCUT2D eigenvalue weighted by molar-refractivity contribution is 5.79. The number of nitrogens with two attached hydrogens (primary N) is 1. The summed E-state index contributed by atoms with van der Waals surface area (Å²) in [5, 5.41) is 0. The van der Waals surface area contributed by atoms with E-state index in [9.17, 15) is 0 Å². The molecule has 6 nitrogen and oxygen atoms in total. The average molecular weight is 275 g/mol. The Hall–Kier alpha value is -1.85. The first-order chi connectivity index (χ1) is 9.60. The van der Waals surface area contributed by atoms with Crippen LogP contribution < -0.4 is 10.5 Å². The summed E-state index contributed by atoms with van der Waals surface area (Å²) < 4.78 is 7.30. The van der Waals surface area contributed by atoms with Crippen LogP contribution >= 0.6 is 0 Å². The lowest BCUT2D eigenvalue weighted by Gasteiger charge is -2.32. The second kappa shape index (κ2) is 4.92. The highest BCUT2D eigenvalue weighted by Gasteiger charge is 2.28. The maximum absolute atomic E-state index is 6.13. The van der Waals surface area contributed by atoms with Gasteiger partial charge in [-0.15, -0.1) is 0 Å². The predicted octanol–water partition coefficient (Wildman–Crippen LogP) is 2.41. The van der Waals surface area contributed by atoms with Crippen LogP contribution in [-0.4, -0.2) is 26.6 Å². The molecule has 1 fully saturated rings. The summed E-state index contributed by atoms with van der Waals surface area (Å²) >= 11 is 0. The van der Waals surface area contributed by atoms with Gasteiger partial charge in [0.2, 0.25) is 11.8 Å². The molecule has 3 rings (SSSR count). The van der Waals surface area contributed by atoms with Crippen molar-refractivity contribution >= 4 is 17.1 Å². The Morgan fingerprint density at radius 3 is 2.55 bits per heavy atom. The van der Waals surface area contributed by atoms with E-state index < -0.39 is 0 Å². The molecular formula is C14H21N5O. The Morgan fingerprint density at radius 1 is 1.20 bits per heavy atom. The van der Waals surface area contributed by atoms with Gasteiger partial charge in [0, 0.05) is 6.04 Å². The second-order valence-electron chi connectivity index (χ2n) is 5.97. The highest BCUT2D eigenvalue weighted by atomic mass is 16.5. The Kier molecular flexibility index (Phi) is 3.23. The SMILES string of the molecule is COc1ncnc2c1nc(N)n2C1CC(C)CC(C)C1. The van der Waals surface area contributed by atoms with Crippen molar-refractivity contribution in [2.75, 3.05) is 12.8 Å². The fraction of sp³-hybridized carbons (Fsp3) is 0.643. The van der Waals surface area contributed by atoms with Crippen LogP contribution in [0.3, 0.4) is 0 Å². The zero-order valence-electron chi connectivity index (χ0n) is 12.2. The van der Waals surface area contributed by atoms with Gasteiger partial charge >= 0.3 is 0 Å². The fourth-order valence-electron chi connectivity index (χ4n) is 3.53. The minimum absolute atomic E-state index is 0.360. The number of methoxy groups -OCH3 is 1. The molecule has 108 valence electrons. The van der Waals surface area contributed by atoms with Gasteiger partial charge in [-0.05, 0) is 31.1 Å². The number of imidazole rings is 1. The van der Waals surface area contributed by atoms with E-state index in [1.54, 1.807) is 7.11 Å². The Bertz CT molecular complexity index is 613. The smallest absolute Gasteiger partial charge is 0.245 e. The largest absolute Gasteiger partial charge is 0.479 e. The van der Waals surface area contributed by atoms with Crippen LogP contribution in [0.5, 0.6) is 5.88 Å². The van der Waals surface area contributed by atoms with Crippen LogP contribution in [-0.2, 0) is 0 Å². The van der Waals surface area contributed by atoms with E-state index in [0.29, 0.717) is 35.2 Å². The highest BCUT2D eigenvalue weighted by Crippen LogP contribution is 2.39. The third kappa shape index (κ3) is 2.09. The number of rotatable bonds is 2. The maximum atomic E-state index is 6.13. The summed E-state index contributed by atoms with van der Waals surface area (Å²) in [5.74, 6) is 2.39. The Balaban J connectivity index is 2.09. The van der Waals surface area contributed by atoms with E-state index in [1.165, 1.54) is 12.7 Å². The number of ether oxygens (including phenoxy) is 1. The van der Waals surface area contributed by atoms with Crippen molar-refractivity contribution < 1.29 is 4.74 Å². The quantitative estimate of drug-likeness (QED) is 0.910. The maximum Gasteiger partial charge on any atom is 0.245 e. The van der Waals surface area contributed by atoms with Gasteiger partial charge in [-0.3, -0.25) is 4.57 Å². The Morgan fingerprint density at radius 2 is 1.90 bits per heavy atom. The summed E-state index contributed by atoms with van der Waals surface area (Å²) in [6.07, 6.45) is 5.02. The first-order valence-corrected chi connectivity index (χ1v) is 7.12. The van der Waals surface area contributed by atoms with Crippen molar-refractivity contribution in [3.05, 3.63) is 6.33 Å². The molecule has 2 aromatic rings. The topological polar surface area (TPSA) is 78.8 Å². The molecule has 1 aliphatic carbocycles. The van der Waals surface area contributed by atoms with Crippen molar-refractivity contribution in [1.82, 2.24) is 19.5 Å². The monoisotopic (exact) mass is 275 g/mol. The van der Waals surface area contributed by atoms with Crippen molar-refractivity contribution in [2.24, 2.45) is 11.8 Å². The summed E-state index contributed by atoms with van der Waals surface area (Å²) in [7, 11) is 1.59. The Labute approximate surface area is 118 Å². The molecule has 20 heavy (non-hydrogen) atoms. The van der Waals surface area contributed by atoms with Gasteiger partial charge in [0.05, 0.1) is 7.11 Å². The number of nitrogen functional groups attached to an aromatic ring is 1. The summed E-state index contributed by atoms with van der Waals surface area (Å²) in [4.78, 5) is 12.9. The van der Waals surface area contributed by atoms with Gasteiger partial charge in [0.1, 0.15) is 6.33 Å². The van der Waals surface area contributed by atoms with Crippen LogP contribution in [0.25, 0.3) is 11.2 Å². The first-order valence-electron chi connectivity index (χ1n) is 7.12. The zero-order valence-corrected chi connectivity index (χ0v) is 12.2. The molecule has 2 atom stereocenters. The fourth-order valence-corrected chi connectivity index (χ4v) is 3.53. The van der Waals surface area contributed by atoms with E-state index in [4.69, 9.17) is 10.5 Å². The molecule has 0 aromatic carbocycles. The van der Waals surface area contributed by atoms with Crippen molar-refractivity contribution in [3.8, 4) is 5.88 Å². The molecule has 2 aromatic heterocycles. The van der Waals surface area contributed by atoms with Gasteiger partial charge < -0.3 is 10.5 Å². The molecular weight excluding hydrogens is 254 g/mol. The molecule has 1 aliphatic rings. The number of aromatic nitrogens is 4. The molecule has 0 radical (unpaired) electrons. The van der Waals surface area contributed by atoms with E-state index in [2.05, 4.69) is 33.4 Å². The minimum Gasteiger partial charge on any atom is -0.479 e. The normalized spacial score (nSPS) is 26.9. The molecule has 0 spiro atoms. The van der Waals surface area contributed by atoms with E-state index in [-0.39, 0.29) is 0 Å². The second-order valence-corrected chi connectivity index (χ2v) is 5.97. The molecule has 2 heterocycles. The van der Waals surface area contributed by atoms with Gasteiger partial charge in [-0.1, -0.05) is 13.8 Å². The number of nitrogens with zero attached hydrogens (tertiary/aromatic N) is 4. The van der Waals surface area contributed by atoms with Crippen LogP contribution in [0.1, 0.15) is 39.2 Å². The lowest BCUT2D eigenvalue weighted by Crippen LogP contribution is -2.23. The first kappa shape index (κ1) is 13.1. The molecule has 0 bridgehead atoms. The van der Waals surface area contributed by atoms with Gasteiger partial charge in [0.15, 0.2) is 11.2 Å². The van der Waals surface area contributed by atoms with Crippen LogP contribution in [0.2, 0.25) is 0 Å². The molecule has 2 N–H and O–H groups in total. The third-order valence-electron chi connectivity index (χ3n) is 4.18. The van der Waals surface area contributed by atoms with Gasteiger partial charge in [-0.25, -0.2) is 9.97 Å². The van der Waals surface area contributed by atoms with Crippen molar-refractivity contribution in [2.45, 2.75) is 39.2 Å². The van der Waals surface area contributed by atoms with E-state index in [0.717, 1.165) is 18.5 Å². The van der Waals surface area contributed by atoms with Crippen molar-refractivity contribution in [1.29, 1.82) is 0 Å². The van der Waals surface area contributed by atoms with Crippen molar-refractivity contribution in [3.63, 3.8) is 0 Å². The lowest BCUT2D eigenvalue weighted by molar-refractivity contribution is 0.225. The van der Waals surface area contributed by atoms with Crippen LogP contribution in [0.4, 0.5) is 5.95 Å². The summed E-state index contributed by atoms with van der Waals surface area (Å²) in [6.45, 7) is 4.60. The average Bonchev–Trinajstić information content (AvgIpc) is 2.73. The minimum atomic E-state index is 0.360. The van der Waals surface area contributed by atoms with Gasteiger partial charge in [-0.2, -0.15) is 4.98 Å². The molecule has 1 saturated carbocycles. The van der Waals surface area contributed by atoms with E-state index in [1.807, 2.05) is 0 Å². The molecule has 2 unspecified atom stereocenters. The predicted molar refractivity (Wildman–Crippen MR) is 77.5 cm³/mol. The zero-order chi connectivity index (χ0) is 14.3. The van der Waals surface area contributed by atoms with Crippen LogP contribution in [0.15, 0.2) is 6.33 Å². The summed E-state index contributed by atoms with van der Waals surface area (Å²) in [5.41, 5.74) is 7.56. The van der Waals surface area contributed by atoms with Crippen LogP contribution in [0, 0.1) is 11.8 Å². The van der Waals surface area contributed by atoms with E-state index >= 15 is 0 Å². The molecule has 0 saturated heterocycles. The standard InChI is InChI=1S/C14H21N5O/c1-8-4-9(2)6-10(5-8)19-12-11(18-14(19)15)13(20-3)17-7-16-12/h7-10H,4-6H2,1-3H3,(H2,15,18).